The molecule has 1 unspecified atom stereocenters. The minimum Gasteiger partial charge on any atom is -0.507 e. The van der Waals surface area contributed by atoms with E-state index in [1.807, 2.05) is 33.2 Å². The second-order valence-electron chi connectivity index (χ2n) is 8.97. The first-order valence-corrected chi connectivity index (χ1v) is 11.0. The lowest BCUT2D eigenvalue weighted by Crippen LogP contribution is -3.06. The van der Waals surface area contributed by atoms with E-state index in [4.69, 9.17) is 4.74 Å². The molecule has 32 heavy (non-hydrogen) atoms. The third-order valence-electron chi connectivity index (χ3n) is 5.46. The van der Waals surface area contributed by atoms with Crippen LogP contribution in [0.3, 0.4) is 0 Å². The molecule has 0 radical (unpaired) electrons. The molecule has 1 atom stereocenters. The van der Waals surface area contributed by atoms with Crippen molar-refractivity contribution in [2.24, 2.45) is 5.92 Å². The highest BCUT2D eigenvalue weighted by atomic mass is 16.5. The van der Waals surface area contributed by atoms with Crippen LogP contribution < -0.4 is 14.6 Å². The largest absolute Gasteiger partial charge is 0.507 e. The zero-order valence-corrected chi connectivity index (χ0v) is 19.4. The molecule has 0 aliphatic carbocycles. The Morgan fingerprint density at radius 2 is 2.00 bits per heavy atom. The normalized spacial score (nSPS) is 18.1. The summed E-state index contributed by atoms with van der Waals surface area (Å²) in [6.07, 6.45) is 3.52. The summed E-state index contributed by atoms with van der Waals surface area (Å²) in [7, 11) is 3.99. The summed E-state index contributed by atoms with van der Waals surface area (Å²) >= 11 is 0. The van der Waals surface area contributed by atoms with E-state index in [1.165, 1.54) is 0 Å². The van der Waals surface area contributed by atoms with E-state index in [-0.39, 0.29) is 11.3 Å². The molecule has 1 aliphatic heterocycles. The van der Waals surface area contributed by atoms with Crippen LogP contribution in [0.15, 0.2) is 48.3 Å². The van der Waals surface area contributed by atoms with E-state index < -0.39 is 17.7 Å². The summed E-state index contributed by atoms with van der Waals surface area (Å²) in [5.74, 6) is -0.294. The molecular weight excluding hydrogens is 406 g/mol. The van der Waals surface area contributed by atoms with E-state index in [2.05, 4.69) is 18.8 Å². The van der Waals surface area contributed by atoms with Crippen LogP contribution >= 0.6 is 0 Å². The fourth-order valence-electron chi connectivity index (χ4n) is 3.75. The Balaban J connectivity index is 2.05. The average Bonchev–Trinajstić information content (AvgIpc) is 3.01. The molecule has 7 heteroatoms. The van der Waals surface area contributed by atoms with Crippen molar-refractivity contribution < 1.29 is 29.3 Å². The number of aromatic amines is 1. The lowest BCUT2D eigenvalue weighted by molar-refractivity contribution is -0.857. The Labute approximate surface area is 189 Å². The molecule has 170 valence electrons. The number of aryl methyl sites for hydroxylation is 1. The van der Waals surface area contributed by atoms with Gasteiger partial charge in [0.15, 0.2) is 12.4 Å². The minimum absolute atomic E-state index is 0.110. The van der Waals surface area contributed by atoms with Gasteiger partial charge in [-0.25, -0.2) is 4.98 Å². The number of ketones is 1. The van der Waals surface area contributed by atoms with E-state index in [1.54, 1.807) is 35.5 Å². The van der Waals surface area contributed by atoms with E-state index in [9.17, 15) is 14.7 Å². The number of nitrogens with one attached hydrogen (secondary N) is 2. The van der Waals surface area contributed by atoms with Crippen LogP contribution in [0.1, 0.15) is 36.6 Å². The van der Waals surface area contributed by atoms with Crippen molar-refractivity contribution in [1.29, 1.82) is 0 Å². The first kappa shape index (κ1) is 23.5. The lowest BCUT2D eigenvalue weighted by atomic mass is 9.95. The van der Waals surface area contributed by atoms with Gasteiger partial charge in [0, 0.05) is 17.2 Å². The number of pyridine rings is 1. The highest BCUT2D eigenvalue weighted by Crippen LogP contribution is 2.39. The number of aliphatic hydroxyl groups excluding tert-OH is 1. The number of carbonyl (C=O) groups excluding carboxylic acids is 2. The average molecular weight is 440 g/mol. The fraction of sp³-hybridized carbons (Fsp3) is 0.400. The maximum atomic E-state index is 13.0. The Kier molecular flexibility index (Phi) is 7.30. The standard InChI is InChI=1S/C25H31N3O4/c1-16(2)15-32-20-9-8-18(13-17(20)3)23(29)21-22(19-7-6-10-26-14-19)28(12-11-27(4)5)25(31)24(21)30/h6-10,13-14,16,22,29H,11-12,15H2,1-5H3/p+2. The van der Waals surface area contributed by atoms with Crippen molar-refractivity contribution in [3.63, 3.8) is 0 Å². The number of hydrogen-bond donors (Lipinski definition) is 2. The van der Waals surface area contributed by atoms with Gasteiger partial charge in [0.1, 0.15) is 11.5 Å². The van der Waals surface area contributed by atoms with Crippen LogP contribution in [-0.2, 0) is 9.59 Å². The number of ether oxygens (including phenoxy) is 1. The van der Waals surface area contributed by atoms with E-state index >= 15 is 0 Å². The number of likely N-dealkylation sites (N-methyl/N-ethyl adjacent to an activating group) is 1. The zero-order valence-electron chi connectivity index (χ0n) is 19.4. The summed E-state index contributed by atoms with van der Waals surface area (Å²) in [5.41, 5.74) is 2.19. The molecule has 0 spiro atoms. The molecule has 3 rings (SSSR count). The zero-order chi connectivity index (χ0) is 23.4. The minimum atomic E-state index is -0.664. The molecule has 7 nitrogen and oxygen atoms in total. The van der Waals surface area contributed by atoms with Gasteiger partial charge in [0.05, 0.1) is 45.4 Å². The van der Waals surface area contributed by atoms with Crippen molar-refractivity contribution in [3.05, 3.63) is 65.0 Å². The highest BCUT2D eigenvalue weighted by molar-refractivity contribution is 6.46. The predicted molar refractivity (Wildman–Crippen MR) is 121 cm³/mol. The molecule has 1 aliphatic rings. The van der Waals surface area contributed by atoms with Crippen LogP contribution in [0.4, 0.5) is 0 Å². The van der Waals surface area contributed by atoms with E-state index in [0.717, 1.165) is 21.8 Å². The first-order valence-electron chi connectivity index (χ1n) is 11.0. The van der Waals surface area contributed by atoms with Crippen LogP contribution in [0.2, 0.25) is 0 Å². The SMILES string of the molecule is Cc1cc(C(O)=C2C(=O)C(=O)N(CC[NH+](C)C)C2c2ccc[nH+]c2)ccc1OCC(C)C. The molecule has 0 saturated carbocycles. The number of Topliss-reactive ketones (excluding diaryl/α,β-unsaturated/α-hetero) is 1. The van der Waals surface area contributed by atoms with Gasteiger partial charge < -0.3 is 19.6 Å². The number of rotatable bonds is 8. The second kappa shape index (κ2) is 9.96. The number of nitrogens with zero attached hydrogens (tertiary/aromatic N) is 1. The molecule has 1 aromatic heterocycles. The van der Waals surface area contributed by atoms with E-state index in [0.29, 0.717) is 31.2 Å². The van der Waals surface area contributed by atoms with Gasteiger partial charge in [0.2, 0.25) is 0 Å². The smallest absolute Gasteiger partial charge is 0.295 e. The van der Waals surface area contributed by atoms with Crippen molar-refractivity contribution in [2.45, 2.75) is 26.8 Å². The third-order valence-corrected chi connectivity index (χ3v) is 5.46. The molecule has 1 amide bonds. The first-order chi connectivity index (χ1) is 15.2. The monoisotopic (exact) mass is 439 g/mol. The maximum absolute atomic E-state index is 13.0. The number of aliphatic hydroxyl groups is 1. The van der Waals surface area contributed by atoms with Crippen molar-refractivity contribution in [1.82, 2.24) is 4.90 Å². The second-order valence-corrected chi connectivity index (χ2v) is 8.97. The number of H-pyrrole nitrogens is 1. The number of amides is 1. The Morgan fingerprint density at radius 3 is 2.59 bits per heavy atom. The van der Waals surface area contributed by atoms with Gasteiger partial charge in [-0.3, -0.25) is 9.59 Å². The van der Waals surface area contributed by atoms with Gasteiger partial charge >= 0.3 is 0 Å². The lowest BCUT2D eigenvalue weighted by Gasteiger charge is -2.24. The van der Waals surface area contributed by atoms with Gasteiger partial charge in [0.25, 0.3) is 11.7 Å². The van der Waals surface area contributed by atoms with Gasteiger partial charge in [-0.05, 0) is 42.7 Å². The van der Waals surface area contributed by atoms with Crippen molar-refractivity contribution in [3.8, 4) is 5.75 Å². The van der Waals surface area contributed by atoms with Crippen molar-refractivity contribution >= 4 is 17.4 Å². The molecule has 1 fully saturated rings. The Bertz CT molecular complexity index is 1020. The maximum Gasteiger partial charge on any atom is 0.295 e. The molecule has 2 heterocycles. The number of carbonyl (C=O) groups is 2. The molecular formula is C25H33N3O4+2. The Morgan fingerprint density at radius 1 is 1.25 bits per heavy atom. The topological polar surface area (TPSA) is 85.4 Å². The molecule has 1 saturated heterocycles. The fourth-order valence-corrected chi connectivity index (χ4v) is 3.75. The Hall–Kier alpha value is -3.19. The van der Waals surface area contributed by atoms with Crippen LogP contribution in [0, 0.1) is 12.8 Å². The quantitative estimate of drug-likeness (QED) is 0.370. The molecule has 0 bridgehead atoms. The van der Waals surface area contributed by atoms with Crippen LogP contribution in [-0.4, -0.2) is 55.5 Å². The van der Waals surface area contributed by atoms with Crippen LogP contribution in [0.25, 0.3) is 5.76 Å². The molecule has 2 aromatic rings. The van der Waals surface area contributed by atoms with Gasteiger partial charge in [-0.1, -0.05) is 13.8 Å². The third kappa shape index (κ3) is 4.99. The summed E-state index contributed by atoms with van der Waals surface area (Å²) in [6.45, 7) is 7.73. The number of quaternary nitrogens is 1. The summed E-state index contributed by atoms with van der Waals surface area (Å²) in [6, 6.07) is 8.33. The number of likely N-dealkylation sites (tertiary alicyclic amines) is 1. The highest BCUT2D eigenvalue weighted by Gasteiger charge is 2.46. The molecule has 3 N–H and O–H groups in total. The van der Waals surface area contributed by atoms with Crippen LogP contribution in [0.5, 0.6) is 5.75 Å². The van der Waals surface area contributed by atoms with Crippen molar-refractivity contribution in [2.75, 3.05) is 33.8 Å². The summed E-state index contributed by atoms with van der Waals surface area (Å²) < 4.78 is 5.83. The predicted octanol–water partition coefficient (Wildman–Crippen LogP) is 1.41. The number of hydrogen-bond acceptors (Lipinski definition) is 4. The van der Waals surface area contributed by atoms with Gasteiger partial charge in [-0.2, -0.15) is 0 Å². The van der Waals surface area contributed by atoms with Gasteiger partial charge in [-0.15, -0.1) is 0 Å². The summed E-state index contributed by atoms with van der Waals surface area (Å²) in [4.78, 5) is 31.7. The molecule has 1 aromatic carbocycles. The number of benzene rings is 1. The summed E-state index contributed by atoms with van der Waals surface area (Å²) in [5, 5.41) is 11.2. The number of aromatic nitrogens is 1.